The van der Waals surface area contributed by atoms with Gasteiger partial charge in [-0.3, -0.25) is 0 Å². The van der Waals surface area contributed by atoms with E-state index in [1.54, 1.807) is 42.0 Å². The van der Waals surface area contributed by atoms with Crippen LogP contribution in [0.5, 0.6) is 17.2 Å². The van der Waals surface area contributed by atoms with Gasteiger partial charge in [-0.25, -0.2) is 4.79 Å². The highest BCUT2D eigenvalue weighted by Gasteiger charge is 2.69. The van der Waals surface area contributed by atoms with Gasteiger partial charge in [0.1, 0.15) is 30.5 Å². The number of ether oxygens (including phenoxy) is 5. The van der Waals surface area contributed by atoms with Crippen LogP contribution in [0.2, 0.25) is 0 Å². The molecule has 6 atom stereocenters. The maximum absolute atomic E-state index is 13.2. The Bertz CT molecular complexity index is 1590. The Kier molecular flexibility index (Phi) is 16.4. The predicted molar refractivity (Wildman–Crippen MR) is 217 cm³/mol. The number of hydrogen-bond donors (Lipinski definition) is 0. The molecular weight excluding hydrogens is 805 g/mol. The summed E-state index contributed by atoms with van der Waals surface area (Å²) in [5.41, 5.74) is -1.64. The first-order valence-corrected chi connectivity index (χ1v) is 22.9. The highest BCUT2D eigenvalue weighted by molar-refractivity contribution is 8.76. The molecule has 2 aromatic carbocycles. The standard InChI is InChI=1S/C41H53F6NO6S2.C2H5/c1-4-19-48(28-17-24-55-56-26-28)37(49)54-30-9-7-29(8-10-30)50-22-23-51-31-11-13-32-27(25-31)6-12-34-33(32)16-18-38(2)35(34)14-15-36(38)52-20-5-21-53-39(3,40(42,43)44)41(45,46)47;1-2/h7-11,13,25,28,33-36H,4-6,12,14-24,26H2,1-3H3;1H2,2H3/q;-1/t28?,33-,34-,35+,36+,38+;/m1./s1. The predicted octanol–water partition coefficient (Wildman–Crippen LogP) is 11.9. The lowest BCUT2D eigenvalue weighted by atomic mass is 9.55. The minimum absolute atomic E-state index is 0.0310. The molecule has 0 radical (unpaired) electrons. The van der Waals surface area contributed by atoms with Crippen LogP contribution in [0.1, 0.15) is 96.1 Å². The van der Waals surface area contributed by atoms with Crippen molar-refractivity contribution in [2.24, 2.45) is 17.3 Å². The molecule has 2 aromatic rings. The van der Waals surface area contributed by atoms with Crippen molar-refractivity contribution in [1.82, 2.24) is 4.90 Å². The summed E-state index contributed by atoms with van der Waals surface area (Å²) in [6.45, 7) is 10.1. The molecule has 0 bridgehead atoms. The summed E-state index contributed by atoms with van der Waals surface area (Å²) in [6, 6.07) is 13.6. The smallest absolute Gasteiger partial charge is 0.426 e. The molecule has 1 heterocycles. The molecule has 1 saturated heterocycles. The number of carbonyl (C=O) groups is 1. The van der Waals surface area contributed by atoms with Gasteiger partial charge < -0.3 is 35.5 Å². The van der Waals surface area contributed by atoms with Crippen molar-refractivity contribution in [2.45, 2.75) is 121 Å². The largest absolute Gasteiger partial charge is 0.490 e. The molecule has 326 valence electrons. The van der Waals surface area contributed by atoms with Crippen LogP contribution in [0.4, 0.5) is 31.1 Å². The van der Waals surface area contributed by atoms with E-state index in [-0.39, 0.29) is 43.6 Å². The first-order valence-electron chi connectivity index (χ1n) is 20.5. The van der Waals surface area contributed by atoms with E-state index >= 15 is 0 Å². The van der Waals surface area contributed by atoms with Crippen molar-refractivity contribution in [3.8, 4) is 17.2 Å². The zero-order valence-electron chi connectivity index (χ0n) is 33.9. The summed E-state index contributed by atoms with van der Waals surface area (Å²) in [7, 11) is 3.65. The summed E-state index contributed by atoms with van der Waals surface area (Å²) < 4.78 is 107. The fourth-order valence-electron chi connectivity index (χ4n) is 9.20. The topological polar surface area (TPSA) is 66.5 Å². The molecule has 0 N–H and O–H groups in total. The van der Waals surface area contributed by atoms with Gasteiger partial charge in [0.2, 0.25) is 0 Å². The van der Waals surface area contributed by atoms with Gasteiger partial charge in [0.25, 0.3) is 5.60 Å². The monoisotopic (exact) mass is 862 g/mol. The van der Waals surface area contributed by atoms with Crippen molar-refractivity contribution in [3.05, 3.63) is 60.5 Å². The zero-order valence-corrected chi connectivity index (χ0v) is 35.6. The lowest BCUT2D eigenvalue weighted by molar-refractivity contribution is -0.374. The van der Waals surface area contributed by atoms with Gasteiger partial charge in [-0.1, -0.05) is 41.5 Å². The molecule has 3 aliphatic carbocycles. The second-order valence-electron chi connectivity index (χ2n) is 15.8. The number of rotatable bonds is 15. The van der Waals surface area contributed by atoms with Gasteiger partial charge >= 0.3 is 18.4 Å². The lowest BCUT2D eigenvalue weighted by Crippen LogP contribution is -2.56. The molecule has 58 heavy (non-hydrogen) atoms. The minimum atomic E-state index is -5.57. The maximum Gasteiger partial charge on any atom is 0.426 e. The van der Waals surface area contributed by atoms with E-state index in [1.807, 2.05) is 21.8 Å². The van der Waals surface area contributed by atoms with Crippen LogP contribution < -0.4 is 14.2 Å². The lowest BCUT2D eigenvalue weighted by Gasteiger charge is -2.50. The van der Waals surface area contributed by atoms with Gasteiger partial charge in [-0.15, -0.1) is 0 Å². The van der Waals surface area contributed by atoms with Crippen LogP contribution >= 0.6 is 21.6 Å². The number of carbonyl (C=O) groups excluding carboxylic acids is 1. The van der Waals surface area contributed by atoms with E-state index in [1.165, 1.54) is 11.1 Å². The first kappa shape index (κ1) is 46.6. The number of nitrogens with zero attached hydrogens (tertiary/aromatic N) is 1. The summed E-state index contributed by atoms with van der Waals surface area (Å²) in [5, 5.41) is 0. The Balaban J connectivity index is 0.00000315. The Hall–Kier alpha value is -2.49. The molecule has 4 aliphatic rings. The third-order valence-corrected chi connectivity index (χ3v) is 14.9. The van der Waals surface area contributed by atoms with Gasteiger partial charge in [0.05, 0.1) is 12.7 Å². The van der Waals surface area contributed by atoms with Gasteiger partial charge in [0, 0.05) is 30.7 Å². The summed E-state index contributed by atoms with van der Waals surface area (Å²) in [4.78, 5) is 14.8. The molecule has 1 amide bonds. The van der Waals surface area contributed by atoms with E-state index in [0.29, 0.717) is 49.0 Å². The summed E-state index contributed by atoms with van der Waals surface area (Å²) in [6.07, 6.45) is -4.04. The van der Waals surface area contributed by atoms with Crippen molar-refractivity contribution in [2.75, 3.05) is 44.5 Å². The quantitative estimate of drug-likeness (QED) is 0.0759. The van der Waals surface area contributed by atoms with Crippen LogP contribution in [0.25, 0.3) is 0 Å². The third-order valence-electron chi connectivity index (χ3n) is 12.4. The van der Waals surface area contributed by atoms with Gasteiger partial charge in [0.15, 0.2) is 0 Å². The van der Waals surface area contributed by atoms with Crippen LogP contribution in [0.15, 0.2) is 42.5 Å². The number of aryl methyl sites for hydroxylation is 1. The van der Waals surface area contributed by atoms with Crippen molar-refractivity contribution >= 4 is 27.7 Å². The number of alkyl halides is 6. The number of fused-ring (bicyclic) bond motifs is 5. The first-order chi connectivity index (χ1) is 27.6. The Morgan fingerprint density at radius 3 is 2.19 bits per heavy atom. The summed E-state index contributed by atoms with van der Waals surface area (Å²) >= 11 is 0. The normalized spacial score (nSPS) is 25.7. The van der Waals surface area contributed by atoms with Crippen LogP contribution in [0, 0.1) is 24.2 Å². The van der Waals surface area contributed by atoms with E-state index < -0.39 is 24.6 Å². The number of hydrogen-bond acceptors (Lipinski definition) is 8. The number of amides is 1. The third kappa shape index (κ3) is 10.7. The fraction of sp³-hybridized carbons (Fsp3) is 0.674. The van der Waals surface area contributed by atoms with Gasteiger partial charge in [-0.05, 0) is 135 Å². The van der Waals surface area contributed by atoms with Crippen molar-refractivity contribution in [1.29, 1.82) is 0 Å². The van der Waals surface area contributed by atoms with E-state index in [2.05, 4.69) is 37.6 Å². The SMILES string of the molecule is CCCN(C(=O)Oc1ccc(OCCOc2ccc3c(c2)CC[C@@H]2[C@@H]3CC[C@]3(C)[C@@H](OCCCOC(C)(C(F)(F)F)C(F)(F)F)CC[C@@H]23)cc1)C1CCSSC1.[CH2-]C. The number of benzene rings is 2. The van der Waals surface area contributed by atoms with E-state index in [9.17, 15) is 31.1 Å². The zero-order chi connectivity index (χ0) is 42.1. The van der Waals surface area contributed by atoms with Crippen molar-refractivity contribution < 1.29 is 54.8 Å². The Morgan fingerprint density at radius 1 is 0.862 bits per heavy atom. The highest BCUT2D eigenvalue weighted by Crippen LogP contribution is 2.61. The Morgan fingerprint density at radius 2 is 1.53 bits per heavy atom. The second-order valence-corrected chi connectivity index (χ2v) is 18.4. The molecule has 2 saturated carbocycles. The molecule has 0 spiro atoms. The molecule has 15 heteroatoms. The molecular formula is C43H58F6NO6S2-. The number of halogens is 6. The molecule has 1 unspecified atom stereocenters. The fourth-order valence-corrected chi connectivity index (χ4v) is 11.7. The average Bonchev–Trinajstić information content (AvgIpc) is 3.54. The molecule has 3 fully saturated rings. The highest BCUT2D eigenvalue weighted by atomic mass is 33.1. The Labute approximate surface area is 347 Å². The molecule has 1 aliphatic heterocycles. The maximum atomic E-state index is 13.2. The van der Waals surface area contributed by atoms with Crippen LogP contribution in [-0.4, -0.2) is 85.6 Å². The van der Waals surface area contributed by atoms with Crippen molar-refractivity contribution in [3.63, 3.8) is 0 Å². The van der Waals surface area contributed by atoms with Crippen LogP contribution in [-0.2, 0) is 15.9 Å². The molecule has 0 aromatic heterocycles. The van der Waals surface area contributed by atoms with Gasteiger partial charge in [-0.2, -0.15) is 33.3 Å². The average molecular weight is 863 g/mol. The van der Waals surface area contributed by atoms with E-state index in [4.69, 9.17) is 18.9 Å². The van der Waals surface area contributed by atoms with Crippen LogP contribution in [0.3, 0.4) is 0 Å². The second kappa shape index (κ2) is 20.4. The molecule has 7 nitrogen and oxygen atoms in total. The van der Waals surface area contributed by atoms with E-state index in [0.717, 1.165) is 68.6 Å². The molecule has 6 rings (SSSR count). The summed E-state index contributed by atoms with van der Waals surface area (Å²) in [5.74, 6) is 5.21. The minimum Gasteiger partial charge on any atom is -0.490 e.